The lowest BCUT2D eigenvalue weighted by Crippen LogP contribution is -2.27. The summed E-state index contributed by atoms with van der Waals surface area (Å²) in [5.74, 6) is -0.990. The molecule has 76 valence electrons. The molecule has 0 aliphatic rings. The minimum Gasteiger partial charge on any atom is -0.370 e. The van der Waals surface area contributed by atoms with E-state index in [1.165, 1.54) is 0 Å². The Hall–Kier alpha value is -1.10. The number of rotatable bonds is 6. The summed E-state index contributed by atoms with van der Waals surface area (Å²) in [6.07, 6.45) is 2.09. The number of nitrogens with two attached hydrogens (primary N) is 1. The Kier molecular flexibility index (Phi) is 5.88. The molecule has 0 aromatic heterocycles. The van der Waals surface area contributed by atoms with E-state index in [9.17, 15) is 9.59 Å². The summed E-state index contributed by atoms with van der Waals surface area (Å²) in [7, 11) is 0. The van der Waals surface area contributed by atoms with Crippen LogP contribution in [-0.2, 0) is 9.59 Å². The molecule has 0 radical (unpaired) electrons. The molecule has 0 saturated heterocycles. The molecule has 0 aliphatic carbocycles. The first kappa shape index (κ1) is 11.9. The van der Waals surface area contributed by atoms with Gasteiger partial charge in [-0.2, -0.15) is 0 Å². The zero-order valence-corrected chi connectivity index (χ0v) is 7.75. The summed E-state index contributed by atoms with van der Waals surface area (Å²) in [6.45, 7) is 1.85. The minimum atomic E-state index is -0.396. The zero-order valence-electron chi connectivity index (χ0n) is 7.75. The number of hydrogen-bond donors (Lipinski definition) is 3. The maximum atomic E-state index is 10.9. The van der Waals surface area contributed by atoms with Crippen LogP contribution in [0, 0.1) is 5.92 Å². The van der Waals surface area contributed by atoms with Gasteiger partial charge in [0.25, 0.3) is 0 Å². The first-order valence-electron chi connectivity index (χ1n) is 4.34. The molecular formula is C8H16N2O3. The number of primary amides is 1. The predicted octanol–water partition coefficient (Wildman–Crippen LogP) is 0.174. The summed E-state index contributed by atoms with van der Waals surface area (Å²) in [4.78, 5) is 21.3. The molecule has 0 spiro atoms. The molecule has 2 amide bonds. The van der Waals surface area contributed by atoms with Gasteiger partial charge >= 0.3 is 0 Å². The van der Waals surface area contributed by atoms with E-state index in [0.29, 0.717) is 19.3 Å². The Labute approximate surface area is 77.3 Å². The number of carbonyl (C=O) groups excluding carboxylic acids is 2. The molecule has 0 fully saturated rings. The molecule has 0 aliphatic heterocycles. The fourth-order valence-electron chi connectivity index (χ4n) is 1.13. The normalized spacial score (nSPS) is 12.2. The van der Waals surface area contributed by atoms with Crippen LogP contribution in [0.5, 0.6) is 0 Å². The SMILES string of the molecule is CCC(CCCC(N)=O)C(=O)NO. The van der Waals surface area contributed by atoms with Crippen LogP contribution in [-0.4, -0.2) is 17.0 Å². The van der Waals surface area contributed by atoms with Crippen molar-refractivity contribution in [2.24, 2.45) is 11.7 Å². The lowest BCUT2D eigenvalue weighted by molar-refractivity contribution is -0.134. The molecule has 1 atom stereocenters. The van der Waals surface area contributed by atoms with Crippen molar-refractivity contribution in [1.29, 1.82) is 0 Å². The van der Waals surface area contributed by atoms with E-state index in [0.717, 1.165) is 0 Å². The van der Waals surface area contributed by atoms with Crippen LogP contribution in [0.25, 0.3) is 0 Å². The van der Waals surface area contributed by atoms with Gasteiger partial charge < -0.3 is 5.73 Å². The summed E-state index contributed by atoms with van der Waals surface area (Å²) in [6, 6.07) is 0. The first-order chi connectivity index (χ1) is 6.11. The average molecular weight is 188 g/mol. The fraction of sp³-hybridized carbons (Fsp3) is 0.750. The molecular weight excluding hydrogens is 172 g/mol. The predicted molar refractivity (Wildman–Crippen MR) is 46.8 cm³/mol. The van der Waals surface area contributed by atoms with E-state index in [4.69, 9.17) is 10.9 Å². The van der Waals surface area contributed by atoms with Crippen molar-refractivity contribution in [2.45, 2.75) is 32.6 Å². The molecule has 13 heavy (non-hydrogen) atoms. The maximum Gasteiger partial charge on any atom is 0.246 e. The van der Waals surface area contributed by atoms with Gasteiger partial charge in [-0.1, -0.05) is 6.92 Å². The molecule has 4 N–H and O–H groups in total. The van der Waals surface area contributed by atoms with Crippen LogP contribution in [0.1, 0.15) is 32.6 Å². The van der Waals surface area contributed by atoms with Gasteiger partial charge in [0, 0.05) is 12.3 Å². The number of hydrogen-bond acceptors (Lipinski definition) is 3. The van der Waals surface area contributed by atoms with Crippen LogP contribution < -0.4 is 11.2 Å². The third kappa shape index (κ3) is 5.19. The van der Waals surface area contributed by atoms with Gasteiger partial charge in [0.1, 0.15) is 0 Å². The van der Waals surface area contributed by atoms with E-state index in [1.807, 2.05) is 6.92 Å². The van der Waals surface area contributed by atoms with Gasteiger partial charge in [0.05, 0.1) is 0 Å². The van der Waals surface area contributed by atoms with Crippen LogP contribution in [0.4, 0.5) is 0 Å². The highest BCUT2D eigenvalue weighted by Crippen LogP contribution is 2.12. The zero-order chi connectivity index (χ0) is 10.3. The second-order valence-electron chi connectivity index (χ2n) is 2.94. The summed E-state index contributed by atoms with van der Waals surface area (Å²) >= 11 is 0. The second-order valence-corrected chi connectivity index (χ2v) is 2.94. The van der Waals surface area contributed by atoms with Gasteiger partial charge in [-0.05, 0) is 19.3 Å². The Morgan fingerprint density at radius 3 is 2.54 bits per heavy atom. The monoisotopic (exact) mass is 188 g/mol. The smallest absolute Gasteiger partial charge is 0.246 e. The van der Waals surface area contributed by atoms with Crippen LogP contribution in [0.3, 0.4) is 0 Å². The van der Waals surface area contributed by atoms with E-state index < -0.39 is 5.91 Å². The number of nitrogens with one attached hydrogen (secondary N) is 1. The van der Waals surface area contributed by atoms with Crippen molar-refractivity contribution in [2.75, 3.05) is 0 Å². The van der Waals surface area contributed by atoms with E-state index in [-0.39, 0.29) is 18.2 Å². The van der Waals surface area contributed by atoms with E-state index >= 15 is 0 Å². The number of hydroxylamine groups is 1. The summed E-state index contributed by atoms with van der Waals surface area (Å²) in [5, 5.41) is 8.35. The number of carbonyl (C=O) groups is 2. The Morgan fingerprint density at radius 1 is 1.54 bits per heavy atom. The van der Waals surface area contributed by atoms with Gasteiger partial charge in [-0.15, -0.1) is 0 Å². The second kappa shape index (κ2) is 6.42. The molecule has 0 saturated carbocycles. The van der Waals surface area contributed by atoms with Gasteiger partial charge in [-0.3, -0.25) is 14.8 Å². The molecule has 1 unspecified atom stereocenters. The lowest BCUT2D eigenvalue weighted by atomic mass is 9.98. The average Bonchev–Trinajstić information content (AvgIpc) is 2.11. The molecule has 0 heterocycles. The van der Waals surface area contributed by atoms with Crippen molar-refractivity contribution in [3.8, 4) is 0 Å². The van der Waals surface area contributed by atoms with Crippen LogP contribution in [0.2, 0.25) is 0 Å². The van der Waals surface area contributed by atoms with Crippen LogP contribution in [0.15, 0.2) is 0 Å². The molecule has 5 heteroatoms. The highest BCUT2D eigenvalue weighted by molar-refractivity contribution is 5.77. The minimum absolute atomic E-state index is 0.232. The molecule has 5 nitrogen and oxygen atoms in total. The van der Waals surface area contributed by atoms with Gasteiger partial charge in [-0.25, -0.2) is 5.48 Å². The standard InChI is InChI=1S/C8H16N2O3/c1-2-6(8(12)10-13)4-3-5-7(9)11/h6,13H,2-5H2,1H3,(H2,9,11)(H,10,12). The Balaban J connectivity index is 3.72. The van der Waals surface area contributed by atoms with E-state index in [2.05, 4.69) is 0 Å². The van der Waals surface area contributed by atoms with E-state index in [1.54, 1.807) is 5.48 Å². The number of amides is 2. The molecule has 0 bridgehead atoms. The molecule has 0 rings (SSSR count). The largest absolute Gasteiger partial charge is 0.370 e. The van der Waals surface area contributed by atoms with Gasteiger partial charge in [0.15, 0.2) is 0 Å². The highest BCUT2D eigenvalue weighted by atomic mass is 16.5. The maximum absolute atomic E-state index is 10.9. The quantitative estimate of drug-likeness (QED) is 0.410. The molecule has 0 aromatic carbocycles. The van der Waals surface area contributed by atoms with Gasteiger partial charge in [0.2, 0.25) is 11.8 Å². The first-order valence-corrected chi connectivity index (χ1v) is 4.34. The topological polar surface area (TPSA) is 92.4 Å². The Morgan fingerprint density at radius 2 is 2.15 bits per heavy atom. The molecule has 0 aromatic rings. The summed E-state index contributed by atoms with van der Waals surface area (Å²) in [5.41, 5.74) is 6.54. The van der Waals surface area contributed by atoms with Crippen molar-refractivity contribution >= 4 is 11.8 Å². The Bertz CT molecular complexity index is 182. The van der Waals surface area contributed by atoms with Crippen molar-refractivity contribution in [3.63, 3.8) is 0 Å². The summed E-state index contributed by atoms with van der Waals surface area (Å²) < 4.78 is 0. The highest BCUT2D eigenvalue weighted by Gasteiger charge is 2.15. The van der Waals surface area contributed by atoms with Crippen molar-refractivity contribution < 1.29 is 14.8 Å². The van der Waals surface area contributed by atoms with Crippen LogP contribution >= 0.6 is 0 Å². The van der Waals surface area contributed by atoms with Crippen molar-refractivity contribution in [1.82, 2.24) is 5.48 Å². The third-order valence-electron chi connectivity index (χ3n) is 1.95. The lowest BCUT2D eigenvalue weighted by Gasteiger charge is -2.10. The third-order valence-corrected chi connectivity index (χ3v) is 1.95. The van der Waals surface area contributed by atoms with Crippen molar-refractivity contribution in [3.05, 3.63) is 0 Å². The fourth-order valence-corrected chi connectivity index (χ4v) is 1.13.